The number of hydrogen-bond acceptors (Lipinski definition) is 4. The number of nitrogens with two attached hydrogens (primary N) is 1. The molecule has 1 fully saturated rings. The Labute approximate surface area is 115 Å². The predicted molar refractivity (Wildman–Crippen MR) is 74.8 cm³/mol. The van der Waals surface area contributed by atoms with Crippen molar-refractivity contribution in [3.8, 4) is 0 Å². The quantitative estimate of drug-likeness (QED) is 0.809. The highest BCUT2D eigenvalue weighted by Crippen LogP contribution is 2.22. The molecule has 6 heteroatoms. The second-order valence-electron chi connectivity index (χ2n) is 4.46. The van der Waals surface area contributed by atoms with E-state index in [4.69, 9.17) is 10.8 Å². The lowest BCUT2D eigenvalue weighted by molar-refractivity contribution is -0.147. The highest BCUT2D eigenvalue weighted by molar-refractivity contribution is 7.99. The zero-order valence-corrected chi connectivity index (χ0v) is 11.2. The summed E-state index contributed by atoms with van der Waals surface area (Å²) in [7, 11) is 0. The van der Waals surface area contributed by atoms with Gasteiger partial charge in [0.05, 0.1) is 5.88 Å². The first-order chi connectivity index (χ1) is 9.08. The first-order valence-corrected chi connectivity index (χ1v) is 7.18. The number of anilines is 1. The van der Waals surface area contributed by atoms with Crippen LogP contribution in [0.5, 0.6) is 0 Å². The fourth-order valence-corrected chi connectivity index (χ4v) is 3.21. The molecule has 1 amide bonds. The topological polar surface area (TPSA) is 83.6 Å². The van der Waals surface area contributed by atoms with Crippen LogP contribution in [0, 0.1) is 0 Å². The van der Waals surface area contributed by atoms with Crippen LogP contribution in [-0.2, 0) is 16.0 Å². The summed E-state index contributed by atoms with van der Waals surface area (Å²) < 4.78 is 0. The first kappa shape index (κ1) is 13.7. The molecule has 1 atom stereocenters. The fourth-order valence-electron chi connectivity index (χ4n) is 2.04. The van der Waals surface area contributed by atoms with Crippen molar-refractivity contribution < 1.29 is 14.7 Å². The lowest BCUT2D eigenvalue weighted by atomic mass is 10.1. The highest BCUT2D eigenvalue weighted by atomic mass is 32.2. The second-order valence-corrected chi connectivity index (χ2v) is 5.46. The van der Waals surface area contributed by atoms with E-state index in [-0.39, 0.29) is 5.91 Å². The van der Waals surface area contributed by atoms with Gasteiger partial charge < -0.3 is 15.7 Å². The van der Waals surface area contributed by atoms with Crippen molar-refractivity contribution in [1.29, 1.82) is 0 Å². The third kappa shape index (κ3) is 3.41. The SMILES string of the molecule is Nc1cccc(CCC(=O)N2CSC[C@H]2C(=O)O)c1. The molecule has 0 saturated carbocycles. The number of nitrogens with zero attached hydrogens (tertiary/aromatic N) is 1. The van der Waals surface area contributed by atoms with Gasteiger partial charge >= 0.3 is 5.97 Å². The standard InChI is InChI=1S/C13H16N2O3S/c14-10-3-1-2-9(6-10)4-5-12(16)15-8-19-7-11(15)13(17)18/h1-3,6,11H,4-5,7-8,14H2,(H,17,18)/t11-/m0/s1. The van der Waals surface area contributed by atoms with Gasteiger partial charge in [0, 0.05) is 17.9 Å². The lowest BCUT2D eigenvalue weighted by Gasteiger charge is -2.20. The Bertz CT molecular complexity index is 493. The van der Waals surface area contributed by atoms with Gasteiger partial charge in [-0.05, 0) is 24.1 Å². The van der Waals surface area contributed by atoms with Crippen molar-refractivity contribution in [2.45, 2.75) is 18.9 Å². The molecule has 5 nitrogen and oxygen atoms in total. The van der Waals surface area contributed by atoms with Crippen LogP contribution in [0.1, 0.15) is 12.0 Å². The van der Waals surface area contributed by atoms with E-state index in [0.717, 1.165) is 5.56 Å². The summed E-state index contributed by atoms with van der Waals surface area (Å²) in [4.78, 5) is 24.5. The summed E-state index contributed by atoms with van der Waals surface area (Å²) in [6.07, 6.45) is 0.894. The smallest absolute Gasteiger partial charge is 0.327 e. The van der Waals surface area contributed by atoms with E-state index in [9.17, 15) is 9.59 Å². The minimum absolute atomic E-state index is 0.111. The second kappa shape index (κ2) is 5.97. The van der Waals surface area contributed by atoms with Crippen LogP contribution in [0.4, 0.5) is 5.69 Å². The normalized spacial score (nSPS) is 18.5. The molecule has 1 aliphatic heterocycles. The lowest BCUT2D eigenvalue weighted by Crippen LogP contribution is -2.41. The Morgan fingerprint density at radius 3 is 2.95 bits per heavy atom. The van der Waals surface area contributed by atoms with E-state index in [1.807, 2.05) is 18.2 Å². The molecule has 102 valence electrons. The molecule has 19 heavy (non-hydrogen) atoms. The van der Waals surface area contributed by atoms with Crippen molar-refractivity contribution in [2.75, 3.05) is 17.4 Å². The zero-order chi connectivity index (χ0) is 13.8. The third-order valence-corrected chi connectivity index (χ3v) is 4.08. The Morgan fingerprint density at radius 1 is 1.47 bits per heavy atom. The van der Waals surface area contributed by atoms with Crippen molar-refractivity contribution >= 4 is 29.3 Å². The van der Waals surface area contributed by atoms with Crippen LogP contribution in [0.25, 0.3) is 0 Å². The number of thioether (sulfide) groups is 1. The highest BCUT2D eigenvalue weighted by Gasteiger charge is 2.33. The number of benzene rings is 1. The molecule has 2 rings (SSSR count). The molecule has 0 bridgehead atoms. The van der Waals surface area contributed by atoms with Gasteiger partial charge in [0.15, 0.2) is 0 Å². The third-order valence-electron chi connectivity index (χ3n) is 3.07. The number of carboxylic acid groups (broad SMARTS) is 1. The van der Waals surface area contributed by atoms with Crippen LogP contribution in [0.3, 0.4) is 0 Å². The number of carbonyl (C=O) groups excluding carboxylic acids is 1. The number of carboxylic acids is 1. The number of hydrogen-bond donors (Lipinski definition) is 2. The van der Waals surface area contributed by atoms with E-state index < -0.39 is 12.0 Å². The first-order valence-electron chi connectivity index (χ1n) is 6.02. The average Bonchev–Trinajstić information content (AvgIpc) is 2.85. The van der Waals surface area contributed by atoms with Crippen LogP contribution in [0.2, 0.25) is 0 Å². The van der Waals surface area contributed by atoms with E-state index in [2.05, 4.69) is 0 Å². The summed E-state index contributed by atoms with van der Waals surface area (Å²) >= 11 is 1.48. The Kier molecular flexibility index (Phi) is 4.31. The van der Waals surface area contributed by atoms with Crippen LogP contribution >= 0.6 is 11.8 Å². The van der Waals surface area contributed by atoms with Crippen molar-refractivity contribution in [2.24, 2.45) is 0 Å². The molecule has 0 radical (unpaired) electrons. The number of nitrogen functional groups attached to an aromatic ring is 1. The fraction of sp³-hybridized carbons (Fsp3) is 0.385. The van der Waals surface area contributed by atoms with Gasteiger partial charge in [-0.3, -0.25) is 4.79 Å². The van der Waals surface area contributed by atoms with Crippen LogP contribution < -0.4 is 5.73 Å². The van der Waals surface area contributed by atoms with Crippen molar-refractivity contribution in [1.82, 2.24) is 4.90 Å². The van der Waals surface area contributed by atoms with Crippen molar-refractivity contribution in [3.63, 3.8) is 0 Å². The molecule has 1 aromatic rings. The molecule has 1 saturated heterocycles. The molecule has 0 unspecified atom stereocenters. The summed E-state index contributed by atoms with van der Waals surface area (Å²) in [6, 6.07) is 6.71. The molecule has 1 heterocycles. The summed E-state index contributed by atoms with van der Waals surface area (Å²) in [6.45, 7) is 0. The zero-order valence-electron chi connectivity index (χ0n) is 10.4. The van der Waals surface area contributed by atoms with Gasteiger partial charge in [-0.25, -0.2) is 4.79 Å². The van der Waals surface area contributed by atoms with Crippen molar-refractivity contribution in [3.05, 3.63) is 29.8 Å². The Morgan fingerprint density at radius 2 is 2.26 bits per heavy atom. The van der Waals surface area contributed by atoms with Gasteiger partial charge in [0.25, 0.3) is 0 Å². The average molecular weight is 280 g/mol. The Hall–Kier alpha value is -1.69. The van der Waals surface area contributed by atoms with Gasteiger partial charge in [-0.1, -0.05) is 12.1 Å². The number of aliphatic carboxylic acids is 1. The van der Waals surface area contributed by atoms with Gasteiger partial charge in [0.1, 0.15) is 6.04 Å². The largest absolute Gasteiger partial charge is 0.480 e. The molecular weight excluding hydrogens is 264 g/mol. The van der Waals surface area contributed by atoms with E-state index in [0.29, 0.717) is 30.2 Å². The maximum atomic E-state index is 12.0. The molecule has 0 aliphatic carbocycles. The van der Waals surface area contributed by atoms with E-state index in [1.165, 1.54) is 16.7 Å². The van der Waals surface area contributed by atoms with E-state index >= 15 is 0 Å². The van der Waals surface area contributed by atoms with Gasteiger partial charge in [-0.15, -0.1) is 11.8 Å². The van der Waals surface area contributed by atoms with Crippen LogP contribution in [0.15, 0.2) is 24.3 Å². The minimum atomic E-state index is -0.928. The monoisotopic (exact) mass is 280 g/mol. The Balaban J connectivity index is 1.92. The molecular formula is C13H16N2O3S. The molecule has 0 spiro atoms. The number of aryl methyl sites for hydroxylation is 1. The summed E-state index contributed by atoms with van der Waals surface area (Å²) in [5, 5.41) is 9.03. The number of amides is 1. The minimum Gasteiger partial charge on any atom is -0.480 e. The number of carbonyl (C=O) groups is 2. The van der Waals surface area contributed by atoms with Gasteiger partial charge in [0.2, 0.25) is 5.91 Å². The summed E-state index contributed by atoms with van der Waals surface area (Å²) in [5.74, 6) is -0.103. The predicted octanol–water partition coefficient (Wildman–Crippen LogP) is 1.19. The maximum Gasteiger partial charge on any atom is 0.327 e. The molecule has 0 aromatic heterocycles. The maximum absolute atomic E-state index is 12.0. The molecule has 3 N–H and O–H groups in total. The van der Waals surface area contributed by atoms with E-state index in [1.54, 1.807) is 6.07 Å². The molecule has 1 aromatic carbocycles. The molecule has 1 aliphatic rings. The van der Waals surface area contributed by atoms with Crippen LogP contribution in [-0.4, -0.2) is 39.6 Å². The number of rotatable bonds is 4. The van der Waals surface area contributed by atoms with Gasteiger partial charge in [-0.2, -0.15) is 0 Å². The summed E-state index contributed by atoms with van der Waals surface area (Å²) in [5.41, 5.74) is 7.34.